The maximum Gasteiger partial charge on any atom is 0.121 e. The highest BCUT2D eigenvalue weighted by atomic mass is 16.3. The Morgan fingerprint density at radius 1 is 0.947 bits per heavy atom. The third-order valence-electron chi connectivity index (χ3n) is 4.23. The lowest BCUT2D eigenvalue weighted by atomic mass is 9.75. The van der Waals surface area contributed by atoms with Gasteiger partial charge in [0.2, 0.25) is 0 Å². The second kappa shape index (κ2) is 4.42. The summed E-state index contributed by atoms with van der Waals surface area (Å²) in [6.45, 7) is 0. The summed E-state index contributed by atoms with van der Waals surface area (Å²) in [4.78, 5) is 0. The van der Waals surface area contributed by atoms with Crippen molar-refractivity contribution in [1.82, 2.24) is 0 Å². The first-order valence-electron chi connectivity index (χ1n) is 6.84. The van der Waals surface area contributed by atoms with E-state index >= 15 is 0 Å². The Labute approximate surface area is 112 Å². The van der Waals surface area contributed by atoms with Gasteiger partial charge in [-0.25, -0.2) is 0 Å². The molecule has 1 aliphatic carbocycles. The molecule has 0 saturated heterocycles. The lowest BCUT2D eigenvalue weighted by Crippen LogP contribution is -2.38. The van der Waals surface area contributed by atoms with Gasteiger partial charge in [-0.2, -0.15) is 0 Å². The van der Waals surface area contributed by atoms with Gasteiger partial charge in [-0.3, -0.25) is 0 Å². The molecule has 0 amide bonds. The Hall–Kier alpha value is -1.74. The molecule has 2 aromatic rings. The molecule has 1 saturated carbocycles. The number of phenols is 2. The monoisotopic (exact) mass is 257 g/mol. The molecular weight excluding hydrogens is 238 g/mol. The van der Waals surface area contributed by atoms with Crippen LogP contribution in [0.15, 0.2) is 30.3 Å². The fraction of sp³-hybridized carbons (Fsp3) is 0.375. The minimum Gasteiger partial charge on any atom is -0.508 e. The van der Waals surface area contributed by atoms with Gasteiger partial charge in [0.1, 0.15) is 11.5 Å². The minimum atomic E-state index is -0.477. The van der Waals surface area contributed by atoms with Gasteiger partial charge in [-0.15, -0.1) is 0 Å². The van der Waals surface area contributed by atoms with Crippen molar-refractivity contribution < 1.29 is 10.2 Å². The van der Waals surface area contributed by atoms with Gasteiger partial charge in [0.25, 0.3) is 0 Å². The van der Waals surface area contributed by atoms with Crippen molar-refractivity contribution in [2.24, 2.45) is 5.73 Å². The SMILES string of the molecule is NC1(c2c(O)ccc3ccc(O)cc23)CCCCC1. The second-order valence-electron chi connectivity index (χ2n) is 5.58. The van der Waals surface area contributed by atoms with Gasteiger partial charge in [0.15, 0.2) is 0 Å². The molecule has 0 aromatic heterocycles. The fourth-order valence-corrected chi connectivity index (χ4v) is 3.25. The van der Waals surface area contributed by atoms with E-state index in [9.17, 15) is 10.2 Å². The van der Waals surface area contributed by atoms with Gasteiger partial charge in [0, 0.05) is 11.1 Å². The maximum atomic E-state index is 10.3. The van der Waals surface area contributed by atoms with Crippen molar-refractivity contribution in [3.8, 4) is 11.5 Å². The summed E-state index contributed by atoms with van der Waals surface area (Å²) < 4.78 is 0. The topological polar surface area (TPSA) is 66.5 Å². The lowest BCUT2D eigenvalue weighted by Gasteiger charge is -2.35. The number of phenolic OH excluding ortho intramolecular Hbond substituents is 2. The Morgan fingerprint density at radius 3 is 2.37 bits per heavy atom. The summed E-state index contributed by atoms with van der Waals surface area (Å²) in [6, 6.07) is 8.79. The minimum absolute atomic E-state index is 0.207. The molecule has 0 spiro atoms. The number of fused-ring (bicyclic) bond motifs is 1. The first-order valence-corrected chi connectivity index (χ1v) is 6.84. The van der Waals surface area contributed by atoms with Gasteiger partial charge in [-0.1, -0.05) is 31.4 Å². The van der Waals surface area contributed by atoms with E-state index in [1.165, 1.54) is 6.42 Å². The van der Waals surface area contributed by atoms with E-state index in [1.54, 1.807) is 18.2 Å². The molecule has 0 bridgehead atoms. The highest BCUT2D eigenvalue weighted by Crippen LogP contribution is 2.43. The van der Waals surface area contributed by atoms with Crippen molar-refractivity contribution in [3.05, 3.63) is 35.9 Å². The quantitative estimate of drug-likeness (QED) is 0.733. The van der Waals surface area contributed by atoms with Crippen LogP contribution < -0.4 is 5.73 Å². The zero-order valence-electron chi connectivity index (χ0n) is 10.9. The molecular formula is C16H19NO2. The van der Waals surface area contributed by atoms with Crippen LogP contribution in [0.5, 0.6) is 11.5 Å². The average molecular weight is 257 g/mol. The first-order chi connectivity index (χ1) is 9.10. The molecule has 2 aromatic carbocycles. The van der Waals surface area contributed by atoms with Crippen LogP contribution in [-0.4, -0.2) is 10.2 Å². The van der Waals surface area contributed by atoms with E-state index in [2.05, 4.69) is 0 Å². The van der Waals surface area contributed by atoms with Crippen LogP contribution in [0.25, 0.3) is 10.8 Å². The predicted molar refractivity (Wildman–Crippen MR) is 76.2 cm³/mol. The van der Waals surface area contributed by atoms with Gasteiger partial charge in [-0.05, 0) is 41.8 Å². The van der Waals surface area contributed by atoms with Crippen molar-refractivity contribution >= 4 is 10.8 Å². The third-order valence-corrected chi connectivity index (χ3v) is 4.23. The zero-order valence-corrected chi connectivity index (χ0v) is 10.9. The normalized spacial score (nSPS) is 18.6. The van der Waals surface area contributed by atoms with E-state index < -0.39 is 5.54 Å². The molecule has 0 aliphatic heterocycles. The molecule has 19 heavy (non-hydrogen) atoms. The van der Waals surface area contributed by atoms with E-state index in [0.29, 0.717) is 0 Å². The Morgan fingerprint density at radius 2 is 1.63 bits per heavy atom. The molecule has 0 atom stereocenters. The second-order valence-corrected chi connectivity index (χ2v) is 5.58. The molecule has 4 N–H and O–H groups in total. The first kappa shape index (κ1) is 12.3. The van der Waals surface area contributed by atoms with Crippen LogP contribution in [0.1, 0.15) is 37.7 Å². The van der Waals surface area contributed by atoms with Gasteiger partial charge < -0.3 is 15.9 Å². The molecule has 3 rings (SSSR count). The van der Waals surface area contributed by atoms with Crippen LogP contribution in [0, 0.1) is 0 Å². The van der Waals surface area contributed by atoms with Crippen molar-refractivity contribution in [1.29, 1.82) is 0 Å². The predicted octanol–water partition coefficient (Wildman–Crippen LogP) is 3.37. The summed E-state index contributed by atoms with van der Waals surface area (Å²) in [5.41, 5.74) is 6.87. The molecule has 0 unspecified atom stereocenters. The van der Waals surface area contributed by atoms with Gasteiger partial charge >= 0.3 is 0 Å². The molecule has 0 heterocycles. The Bertz CT molecular complexity index is 610. The van der Waals surface area contributed by atoms with Crippen molar-refractivity contribution in [2.45, 2.75) is 37.6 Å². The molecule has 0 radical (unpaired) electrons. The third kappa shape index (κ3) is 2.04. The number of aromatic hydroxyl groups is 2. The van der Waals surface area contributed by atoms with Crippen LogP contribution >= 0.6 is 0 Å². The number of hydrogen-bond acceptors (Lipinski definition) is 3. The molecule has 3 nitrogen and oxygen atoms in total. The standard InChI is InChI=1S/C16H19NO2/c17-16(8-2-1-3-9-16)15-13-10-12(18)6-4-11(13)5-7-14(15)19/h4-7,10,18-19H,1-3,8-9,17H2. The highest BCUT2D eigenvalue weighted by molar-refractivity contribution is 5.89. The zero-order chi connectivity index (χ0) is 13.5. The molecule has 1 aliphatic rings. The highest BCUT2D eigenvalue weighted by Gasteiger charge is 2.33. The van der Waals surface area contributed by atoms with Crippen LogP contribution in [0.4, 0.5) is 0 Å². The Kier molecular flexibility index (Phi) is 2.86. The van der Waals surface area contributed by atoms with Crippen LogP contribution in [0.3, 0.4) is 0 Å². The Balaban J connectivity index is 2.26. The number of hydrogen-bond donors (Lipinski definition) is 3. The summed E-state index contributed by atoms with van der Waals surface area (Å²) in [5, 5.41) is 21.8. The lowest BCUT2D eigenvalue weighted by molar-refractivity contribution is 0.294. The smallest absolute Gasteiger partial charge is 0.121 e. The van der Waals surface area contributed by atoms with Crippen molar-refractivity contribution in [3.63, 3.8) is 0 Å². The summed E-state index contributed by atoms with van der Waals surface area (Å²) in [6.07, 6.45) is 5.15. The largest absolute Gasteiger partial charge is 0.508 e. The maximum absolute atomic E-state index is 10.3. The van der Waals surface area contributed by atoms with E-state index in [-0.39, 0.29) is 11.5 Å². The molecule has 3 heteroatoms. The summed E-state index contributed by atoms with van der Waals surface area (Å²) in [7, 11) is 0. The number of benzene rings is 2. The number of nitrogens with two attached hydrogens (primary N) is 1. The molecule has 100 valence electrons. The average Bonchev–Trinajstić information content (AvgIpc) is 2.38. The fourth-order valence-electron chi connectivity index (χ4n) is 3.25. The van der Waals surface area contributed by atoms with E-state index in [0.717, 1.165) is 42.0 Å². The molecule has 1 fully saturated rings. The number of rotatable bonds is 1. The van der Waals surface area contributed by atoms with Gasteiger partial charge in [0.05, 0.1) is 0 Å². The van der Waals surface area contributed by atoms with Crippen LogP contribution in [-0.2, 0) is 5.54 Å². The van der Waals surface area contributed by atoms with E-state index in [1.807, 2.05) is 12.1 Å². The summed E-state index contributed by atoms with van der Waals surface area (Å²) in [5.74, 6) is 0.446. The summed E-state index contributed by atoms with van der Waals surface area (Å²) >= 11 is 0. The van der Waals surface area contributed by atoms with E-state index in [4.69, 9.17) is 5.73 Å². The van der Waals surface area contributed by atoms with Crippen LogP contribution in [0.2, 0.25) is 0 Å². The van der Waals surface area contributed by atoms with Crippen molar-refractivity contribution in [2.75, 3.05) is 0 Å².